The molecule has 2 rings (SSSR count). The van der Waals surface area contributed by atoms with Gasteiger partial charge in [-0.25, -0.2) is 0 Å². The second-order valence-corrected chi connectivity index (χ2v) is 4.73. The van der Waals surface area contributed by atoms with Gasteiger partial charge in [0.15, 0.2) is 0 Å². The Morgan fingerprint density at radius 3 is 2.50 bits per heavy atom. The monoisotopic (exact) mass is 270 g/mol. The van der Waals surface area contributed by atoms with Crippen LogP contribution in [0.2, 0.25) is 0 Å². The van der Waals surface area contributed by atoms with E-state index in [1.807, 2.05) is 32.0 Å². The van der Waals surface area contributed by atoms with Crippen LogP contribution in [0.15, 0.2) is 36.4 Å². The van der Waals surface area contributed by atoms with Gasteiger partial charge < -0.3 is 15.8 Å². The lowest BCUT2D eigenvalue weighted by Crippen LogP contribution is -2.13. The summed E-state index contributed by atoms with van der Waals surface area (Å²) in [6.07, 6.45) is 0. The highest BCUT2D eigenvalue weighted by Crippen LogP contribution is 2.25. The van der Waals surface area contributed by atoms with Crippen molar-refractivity contribution in [1.29, 1.82) is 0 Å². The maximum atomic E-state index is 12.2. The summed E-state index contributed by atoms with van der Waals surface area (Å²) in [4.78, 5) is 12.2. The first-order valence-electron chi connectivity index (χ1n) is 6.33. The number of aryl methyl sites for hydroxylation is 2. The minimum atomic E-state index is -0.146. The molecule has 2 aromatic carbocycles. The molecule has 0 saturated heterocycles. The lowest BCUT2D eigenvalue weighted by atomic mass is 10.1. The summed E-state index contributed by atoms with van der Waals surface area (Å²) in [7, 11) is 1.56. The van der Waals surface area contributed by atoms with E-state index in [-0.39, 0.29) is 5.91 Å². The third-order valence-electron chi connectivity index (χ3n) is 3.11. The van der Waals surface area contributed by atoms with Gasteiger partial charge in [-0.2, -0.15) is 0 Å². The molecule has 3 N–H and O–H groups in total. The van der Waals surface area contributed by atoms with E-state index in [0.29, 0.717) is 22.7 Å². The average molecular weight is 270 g/mol. The molecular weight excluding hydrogens is 252 g/mol. The minimum absolute atomic E-state index is 0.146. The van der Waals surface area contributed by atoms with Crippen LogP contribution in [0.1, 0.15) is 21.5 Å². The number of nitrogen functional groups attached to an aromatic ring is 1. The van der Waals surface area contributed by atoms with Crippen LogP contribution in [-0.2, 0) is 0 Å². The summed E-state index contributed by atoms with van der Waals surface area (Å²) in [5.41, 5.74) is 9.70. The Hall–Kier alpha value is -2.49. The molecule has 4 nitrogen and oxygen atoms in total. The maximum Gasteiger partial charge on any atom is 0.255 e. The predicted octanol–water partition coefficient (Wildman–Crippen LogP) is 3.15. The van der Waals surface area contributed by atoms with Crippen LogP contribution in [0.5, 0.6) is 5.75 Å². The second kappa shape index (κ2) is 5.65. The lowest BCUT2D eigenvalue weighted by Gasteiger charge is -2.10. The fourth-order valence-electron chi connectivity index (χ4n) is 2.08. The molecule has 104 valence electrons. The summed E-state index contributed by atoms with van der Waals surface area (Å²) < 4.78 is 5.08. The molecule has 20 heavy (non-hydrogen) atoms. The molecule has 0 fully saturated rings. The summed E-state index contributed by atoms with van der Waals surface area (Å²) in [5.74, 6) is 0.446. The third-order valence-corrected chi connectivity index (χ3v) is 3.11. The number of nitrogens with two attached hydrogens (primary N) is 1. The number of amides is 1. The van der Waals surface area contributed by atoms with Crippen molar-refractivity contribution in [3.8, 4) is 5.75 Å². The van der Waals surface area contributed by atoms with Crippen LogP contribution in [0, 0.1) is 13.8 Å². The number of anilines is 2. The minimum Gasteiger partial charge on any atom is -0.495 e. The molecule has 0 radical (unpaired) electrons. The number of nitrogens with one attached hydrogen (secondary N) is 1. The number of rotatable bonds is 3. The molecule has 0 aliphatic rings. The maximum absolute atomic E-state index is 12.2. The van der Waals surface area contributed by atoms with Gasteiger partial charge in [0.05, 0.1) is 12.8 Å². The first kappa shape index (κ1) is 13.9. The molecule has 4 heteroatoms. The quantitative estimate of drug-likeness (QED) is 0.842. The van der Waals surface area contributed by atoms with E-state index in [2.05, 4.69) is 5.32 Å². The zero-order valence-corrected chi connectivity index (χ0v) is 11.9. The topological polar surface area (TPSA) is 64.3 Å². The number of carbonyl (C=O) groups is 1. The van der Waals surface area contributed by atoms with Crippen LogP contribution in [0.4, 0.5) is 11.4 Å². The fourth-order valence-corrected chi connectivity index (χ4v) is 2.08. The van der Waals surface area contributed by atoms with E-state index in [0.717, 1.165) is 11.1 Å². The van der Waals surface area contributed by atoms with Crippen LogP contribution in [-0.4, -0.2) is 13.0 Å². The summed E-state index contributed by atoms with van der Waals surface area (Å²) in [5, 5.41) is 2.84. The van der Waals surface area contributed by atoms with E-state index in [9.17, 15) is 4.79 Å². The van der Waals surface area contributed by atoms with Gasteiger partial charge >= 0.3 is 0 Å². The van der Waals surface area contributed by atoms with Gasteiger partial charge in [-0.05, 0) is 43.7 Å². The Balaban J connectivity index is 2.21. The van der Waals surface area contributed by atoms with Crippen molar-refractivity contribution in [3.63, 3.8) is 0 Å². The number of hydrogen-bond acceptors (Lipinski definition) is 3. The summed E-state index contributed by atoms with van der Waals surface area (Å²) >= 11 is 0. The first-order valence-corrected chi connectivity index (χ1v) is 6.33. The predicted molar refractivity (Wildman–Crippen MR) is 81.3 cm³/mol. The first-order chi connectivity index (χ1) is 9.51. The van der Waals surface area contributed by atoms with Crippen molar-refractivity contribution in [2.45, 2.75) is 13.8 Å². The van der Waals surface area contributed by atoms with Crippen molar-refractivity contribution in [2.24, 2.45) is 0 Å². The van der Waals surface area contributed by atoms with E-state index < -0.39 is 0 Å². The average Bonchev–Trinajstić information content (AvgIpc) is 2.38. The molecule has 0 heterocycles. The SMILES string of the molecule is COc1ccc(NC(=O)c2ccc(C)cc2C)cc1N. The normalized spacial score (nSPS) is 10.2. The van der Waals surface area contributed by atoms with E-state index in [1.165, 1.54) is 0 Å². The van der Waals surface area contributed by atoms with Gasteiger partial charge in [-0.15, -0.1) is 0 Å². The lowest BCUT2D eigenvalue weighted by molar-refractivity contribution is 0.102. The molecule has 1 amide bonds. The molecule has 0 aromatic heterocycles. The van der Waals surface area contributed by atoms with Crippen molar-refractivity contribution in [3.05, 3.63) is 53.1 Å². The number of methoxy groups -OCH3 is 1. The molecule has 0 aliphatic heterocycles. The molecule has 2 aromatic rings. The molecule has 0 unspecified atom stereocenters. The standard InChI is InChI=1S/C16H18N2O2/c1-10-4-6-13(11(2)8-10)16(19)18-12-5-7-15(20-3)14(17)9-12/h4-9H,17H2,1-3H3,(H,18,19). The highest BCUT2D eigenvalue weighted by atomic mass is 16.5. The Bertz CT molecular complexity index is 651. The van der Waals surface area contributed by atoms with Crippen LogP contribution in [0.25, 0.3) is 0 Å². The molecule has 0 aliphatic carbocycles. The molecule has 0 saturated carbocycles. The van der Waals surface area contributed by atoms with Gasteiger partial charge in [-0.1, -0.05) is 17.7 Å². The van der Waals surface area contributed by atoms with Gasteiger partial charge in [0.25, 0.3) is 5.91 Å². The Morgan fingerprint density at radius 1 is 1.15 bits per heavy atom. The van der Waals surface area contributed by atoms with Crippen molar-refractivity contribution >= 4 is 17.3 Å². The molecule has 0 atom stereocenters. The highest BCUT2D eigenvalue weighted by molar-refractivity contribution is 6.05. The number of benzene rings is 2. The number of hydrogen-bond donors (Lipinski definition) is 2. The highest BCUT2D eigenvalue weighted by Gasteiger charge is 2.10. The van der Waals surface area contributed by atoms with Crippen LogP contribution < -0.4 is 15.8 Å². The summed E-state index contributed by atoms with van der Waals surface area (Å²) in [6, 6.07) is 10.9. The Morgan fingerprint density at radius 2 is 1.90 bits per heavy atom. The van der Waals surface area contributed by atoms with Crippen molar-refractivity contribution < 1.29 is 9.53 Å². The van der Waals surface area contributed by atoms with E-state index >= 15 is 0 Å². The molecule has 0 bridgehead atoms. The zero-order valence-electron chi connectivity index (χ0n) is 11.9. The summed E-state index contributed by atoms with van der Waals surface area (Å²) in [6.45, 7) is 3.92. The van der Waals surface area contributed by atoms with Gasteiger partial charge in [0, 0.05) is 11.3 Å². The van der Waals surface area contributed by atoms with Crippen LogP contribution >= 0.6 is 0 Å². The van der Waals surface area contributed by atoms with Gasteiger partial charge in [0.1, 0.15) is 5.75 Å². The van der Waals surface area contributed by atoms with Gasteiger partial charge in [-0.3, -0.25) is 4.79 Å². The number of carbonyl (C=O) groups excluding carboxylic acids is 1. The number of ether oxygens (including phenoxy) is 1. The fraction of sp³-hybridized carbons (Fsp3) is 0.188. The molecule has 0 spiro atoms. The van der Waals surface area contributed by atoms with Crippen LogP contribution in [0.3, 0.4) is 0 Å². The van der Waals surface area contributed by atoms with Gasteiger partial charge in [0.2, 0.25) is 0 Å². The Kier molecular flexibility index (Phi) is 3.94. The zero-order chi connectivity index (χ0) is 14.7. The van der Waals surface area contributed by atoms with E-state index in [1.54, 1.807) is 25.3 Å². The van der Waals surface area contributed by atoms with Crippen molar-refractivity contribution in [2.75, 3.05) is 18.2 Å². The van der Waals surface area contributed by atoms with Crippen molar-refractivity contribution in [1.82, 2.24) is 0 Å². The second-order valence-electron chi connectivity index (χ2n) is 4.73. The largest absolute Gasteiger partial charge is 0.495 e. The smallest absolute Gasteiger partial charge is 0.255 e. The Labute approximate surface area is 118 Å². The molecular formula is C16H18N2O2. The third kappa shape index (κ3) is 2.91. The van der Waals surface area contributed by atoms with E-state index in [4.69, 9.17) is 10.5 Å².